The Morgan fingerprint density at radius 3 is 2.94 bits per heavy atom. The minimum absolute atomic E-state index is 0.503. The number of nitrogens with one attached hydrogen (secondary N) is 1. The Labute approximate surface area is 98.5 Å². The lowest BCUT2D eigenvalue weighted by atomic mass is 9.92. The molecule has 1 saturated carbocycles. The van der Waals surface area contributed by atoms with Gasteiger partial charge in [0.15, 0.2) is 0 Å². The molecule has 0 aromatic carbocycles. The molecule has 0 radical (unpaired) electrons. The van der Waals surface area contributed by atoms with Gasteiger partial charge in [0.2, 0.25) is 0 Å². The second-order valence-corrected chi connectivity index (χ2v) is 5.00. The first-order valence-electron chi connectivity index (χ1n) is 6.44. The molecule has 3 atom stereocenters. The van der Waals surface area contributed by atoms with Crippen LogP contribution in [0.3, 0.4) is 0 Å². The van der Waals surface area contributed by atoms with Crippen molar-refractivity contribution in [1.82, 2.24) is 10.3 Å². The molecule has 3 unspecified atom stereocenters. The van der Waals surface area contributed by atoms with Gasteiger partial charge >= 0.3 is 0 Å². The lowest BCUT2D eigenvalue weighted by molar-refractivity contribution is 0.364. The van der Waals surface area contributed by atoms with Gasteiger partial charge in [0.1, 0.15) is 0 Å². The molecule has 16 heavy (non-hydrogen) atoms. The SMILES string of the molecule is CCNC(c1cccnc1)C1CCC(C)C1. The zero-order valence-electron chi connectivity index (χ0n) is 10.3. The molecule has 1 fully saturated rings. The Morgan fingerprint density at radius 2 is 2.38 bits per heavy atom. The minimum atomic E-state index is 0.503. The van der Waals surface area contributed by atoms with Gasteiger partial charge in [0.25, 0.3) is 0 Å². The van der Waals surface area contributed by atoms with E-state index in [9.17, 15) is 0 Å². The standard InChI is InChI=1S/C14H22N2/c1-3-16-14(12-7-6-11(2)9-12)13-5-4-8-15-10-13/h4-5,8,10-12,14,16H,3,6-7,9H2,1-2H3. The number of hydrogen-bond acceptors (Lipinski definition) is 2. The third kappa shape index (κ3) is 2.62. The van der Waals surface area contributed by atoms with Crippen LogP contribution in [0.25, 0.3) is 0 Å². The molecule has 1 heterocycles. The van der Waals surface area contributed by atoms with Crippen molar-refractivity contribution in [3.8, 4) is 0 Å². The van der Waals surface area contributed by atoms with E-state index in [0.717, 1.165) is 18.4 Å². The van der Waals surface area contributed by atoms with E-state index in [2.05, 4.69) is 30.2 Å². The van der Waals surface area contributed by atoms with Crippen molar-refractivity contribution >= 4 is 0 Å². The molecule has 2 nitrogen and oxygen atoms in total. The number of aromatic nitrogens is 1. The summed E-state index contributed by atoms with van der Waals surface area (Å²) in [7, 11) is 0. The molecule has 0 bridgehead atoms. The van der Waals surface area contributed by atoms with Crippen LogP contribution in [0.5, 0.6) is 0 Å². The Morgan fingerprint density at radius 1 is 1.50 bits per heavy atom. The number of rotatable bonds is 4. The van der Waals surface area contributed by atoms with Crippen molar-refractivity contribution in [3.63, 3.8) is 0 Å². The molecular formula is C14H22N2. The molecule has 0 aliphatic heterocycles. The highest BCUT2D eigenvalue weighted by Gasteiger charge is 2.29. The highest BCUT2D eigenvalue weighted by atomic mass is 14.9. The van der Waals surface area contributed by atoms with Crippen LogP contribution in [-0.2, 0) is 0 Å². The second kappa shape index (κ2) is 5.44. The monoisotopic (exact) mass is 218 g/mol. The average molecular weight is 218 g/mol. The second-order valence-electron chi connectivity index (χ2n) is 5.00. The van der Waals surface area contributed by atoms with Crippen molar-refractivity contribution in [2.45, 2.75) is 39.2 Å². The first-order chi connectivity index (χ1) is 7.81. The van der Waals surface area contributed by atoms with Crippen molar-refractivity contribution in [2.24, 2.45) is 11.8 Å². The predicted molar refractivity (Wildman–Crippen MR) is 67.2 cm³/mol. The third-order valence-corrected chi connectivity index (χ3v) is 3.67. The van der Waals surface area contributed by atoms with Crippen LogP contribution in [0.15, 0.2) is 24.5 Å². The summed E-state index contributed by atoms with van der Waals surface area (Å²) in [5.74, 6) is 1.68. The van der Waals surface area contributed by atoms with E-state index in [0.29, 0.717) is 6.04 Å². The van der Waals surface area contributed by atoms with E-state index in [1.807, 2.05) is 18.5 Å². The van der Waals surface area contributed by atoms with E-state index in [4.69, 9.17) is 0 Å². The molecule has 2 rings (SSSR count). The number of pyridine rings is 1. The van der Waals surface area contributed by atoms with Crippen LogP contribution in [0.4, 0.5) is 0 Å². The summed E-state index contributed by atoms with van der Waals surface area (Å²) in [6, 6.07) is 4.74. The normalized spacial score (nSPS) is 26.9. The maximum atomic E-state index is 4.24. The fraction of sp³-hybridized carbons (Fsp3) is 0.643. The quantitative estimate of drug-likeness (QED) is 0.839. The fourth-order valence-corrected chi connectivity index (χ4v) is 2.89. The van der Waals surface area contributed by atoms with Gasteiger partial charge < -0.3 is 5.32 Å². The molecule has 1 aliphatic rings. The molecule has 1 N–H and O–H groups in total. The lowest BCUT2D eigenvalue weighted by Gasteiger charge is -2.24. The summed E-state index contributed by atoms with van der Waals surface area (Å²) in [6.45, 7) is 5.58. The molecule has 2 heteroatoms. The Balaban J connectivity index is 2.11. The zero-order valence-corrected chi connectivity index (χ0v) is 10.3. The van der Waals surface area contributed by atoms with Gasteiger partial charge in [-0.05, 0) is 42.9 Å². The van der Waals surface area contributed by atoms with Gasteiger partial charge in [-0.2, -0.15) is 0 Å². The highest BCUT2D eigenvalue weighted by molar-refractivity contribution is 5.15. The van der Waals surface area contributed by atoms with E-state index >= 15 is 0 Å². The van der Waals surface area contributed by atoms with Gasteiger partial charge in [0, 0.05) is 18.4 Å². The van der Waals surface area contributed by atoms with Gasteiger partial charge in [-0.25, -0.2) is 0 Å². The van der Waals surface area contributed by atoms with Gasteiger partial charge in [-0.3, -0.25) is 4.98 Å². The summed E-state index contributed by atoms with van der Waals surface area (Å²) in [5, 5.41) is 3.62. The summed E-state index contributed by atoms with van der Waals surface area (Å²) < 4.78 is 0. The van der Waals surface area contributed by atoms with Crippen LogP contribution in [-0.4, -0.2) is 11.5 Å². The predicted octanol–water partition coefficient (Wildman–Crippen LogP) is 3.17. The number of nitrogens with zero attached hydrogens (tertiary/aromatic N) is 1. The van der Waals surface area contributed by atoms with E-state index in [1.54, 1.807) is 0 Å². The molecule has 88 valence electrons. The number of hydrogen-bond donors (Lipinski definition) is 1. The molecule has 1 aromatic rings. The van der Waals surface area contributed by atoms with Gasteiger partial charge in [-0.15, -0.1) is 0 Å². The summed E-state index contributed by atoms with van der Waals surface area (Å²) in [6.07, 6.45) is 7.95. The van der Waals surface area contributed by atoms with Crippen molar-refractivity contribution in [1.29, 1.82) is 0 Å². The first-order valence-corrected chi connectivity index (χ1v) is 6.44. The van der Waals surface area contributed by atoms with Crippen LogP contribution in [0.1, 0.15) is 44.7 Å². The lowest BCUT2D eigenvalue weighted by Crippen LogP contribution is -2.27. The maximum Gasteiger partial charge on any atom is 0.0363 e. The van der Waals surface area contributed by atoms with Crippen molar-refractivity contribution in [2.75, 3.05) is 6.54 Å². The van der Waals surface area contributed by atoms with Crippen molar-refractivity contribution in [3.05, 3.63) is 30.1 Å². The fourth-order valence-electron chi connectivity index (χ4n) is 2.89. The zero-order chi connectivity index (χ0) is 11.4. The van der Waals surface area contributed by atoms with Crippen molar-refractivity contribution < 1.29 is 0 Å². The van der Waals surface area contributed by atoms with Gasteiger partial charge in [-0.1, -0.05) is 26.3 Å². The molecule has 0 saturated heterocycles. The van der Waals surface area contributed by atoms with Crippen LogP contribution < -0.4 is 5.32 Å². The Hall–Kier alpha value is -0.890. The highest BCUT2D eigenvalue weighted by Crippen LogP contribution is 2.38. The summed E-state index contributed by atoms with van der Waals surface area (Å²) >= 11 is 0. The van der Waals surface area contributed by atoms with Gasteiger partial charge in [0.05, 0.1) is 0 Å². The average Bonchev–Trinajstić information content (AvgIpc) is 2.74. The summed E-state index contributed by atoms with van der Waals surface area (Å²) in [5.41, 5.74) is 1.35. The third-order valence-electron chi connectivity index (χ3n) is 3.67. The first kappa shape index (κ1) is 11.6. The Kier molecular flexibility index (Phi) is 3.94. The summed E-state index contributed by atoms with van der Waals surface area (Å²) in [4.78, 5) is 4.24. The molecule has 0 spiro atoms. The van der Waals surface area contributed by atoms with E-state index in [-0.39, 0.29) is 0 Å². The Bertz CT molecular complexity index is 310. The molecule has 1 aliphatic carbocycles. The molecule has 0 amide bonds. The molecular weight excluding hydrogens is 196 g/mol. The van der Waals surface area contributed by atoms with E-state index in [1.165, 1.54) is 24.8 Å². The topological polar surface area (TPSA) is 24.9 Å². The maximum absolute atomic E-state index is 4.24. The van der Waals surface area contributed by atoms with Crippen LogP contribution >= 0.6 is 0 Å². The van der Waals surface area contributed by atoms with E-state index < -0.39 is 0 Å². The smallest absolute Gasteiger partial charge is 0.0363 e. The molecule has 1 aromatic heterocycles. The largest absolute Gasteiger partial charge is 0.310 e. The minimum Gasteiger partial charge on any atom is -0.310 e. The van der Waals surface area contributed by atoms with Crippen LogP contribution in [0, 0.1) is 11.8 Å². The van der Waals surface area contributed by atoms with Crippen LogP contribution in [0.2, 0.25) is 0 Å².